The molecule has 0 amide bonds. The highest BCUT2D eigenvalue weighted by Gasteiger charge is 2.70. The van der Waals surface area contributed by atoms with Gasteiger partial charge in [-0.2, -0.15) is 0 Å². The number of hydrogen-bond acceptors (Lipinski definition) is 0. The van der Waals surface area contributed by atoms with Gasteiger partial charge in [-0.3, -0.25) is 0 Å². The quantitative estimate of drug-likeness (QED) is 0.294. The van der Waals surface area contributed by atoms with Gasteiger partial charge in [-0.25, -0.2) is 0 Å². The average molecular weight is 738 g/mol. The summed E-state index contributed by atoms with van der Waals surface area (Å²) >= 11 is 15.4. The van der Waals surface area contributed by atoms with Crippen molar-refractivity contribution in [1.29, 1.82) is 0 Å². The Labute approximate surface area is 249 Å². The molecule has 4 heteroatoms. The summed E-state index contributed by atoms with van der Waals surface area (Å²) in [5.41, 5.74) is 5.14. The number of halogens is 4. The van der Waals surface area contributed by atoms with Gasteiger partial charge in [0.25, 0.3) is 0 Å². The van der Waals surface area contributed by atoms with E-state index in [4.69, 9.17) is 0 Å². The van der Waals surface area contributed by atoms with Gasteiger partial charge in [-0.1, -0.05) is 63.7 Å². The molecule has 8 bridgehead atoms. The molecule has 10 rings (SSSR count). The smallest absolute Gasteiger partial charge is 0.0189 e. The van der Waals surface area contributed by atoms with E-state index >= 15 is 0 Å². The molecular weight excluding hydrogens is 704 g/mol. The van der Waals surface area contributed by atoms with Crippen molar-refractivity contribution in [2.75, 3.05) is 0 Å². The molecule has 0 spiro atoms. The van der Waals surface area contributed by atoms with Gasteiger partial charge in [-0.05, 0) is 170 Å². The minimum atomic E-state index is 0.395. The second-order valence-electron chi connectivity index (χ2n) is 14.4. The van der Waals surface area contributed by atoms with Crippen LogP contribution in [0, 0.1) is 34.5 Å². The SMILES string of the molecule is Brc1cc(Br)cc(C23CC4CC(C2)CC(C25CC6CC(CC(c7cc(Br)cc(Br)c7)(C6)C2)C5)(C4)C3)c1. The van der Waals surface area contributed by atoms with Crippen molar-refractivity contribution < 1.29 is 0 Å². The van der Waals surface area contributed by atoms with E-state index in [0.29, 0.717) is 21.7 Å². The topological polar surface area (TPSA) is 0 Å². The standard InChI is InChI=1S/C32H34Br4/c33-25-3-23(4-26(34)7-25)29-9-19-1-20(10-29)14-31(13-19,17-29)32-15-21-2-22(16-32)12-30(11-21,18-32)24-5-27(35)8-28(36)6-24/h3-8,19-22H,1-2,9-18H2. The highest BCUT2D eigenvalue weighted by atomic mass is 79.9. The van der Waals surface area contributed by atoms with Crippen molar-refractivity contribution in [3.8, 4) is 0 Å². The lowest BCUT2D eigenvalue weighted by Crippen LogP contribution is -2.66. The van der Waals surface area contributed by atoms with Gasteiger partial charge in [0.05, 0.1) is 0 Å². The minimum absolute atomic E-state index is 0.395. The van der Waals surface area contributed by atoms with Crippen LogP contribution in [0.2, 0.25) is 0 Å². The third-order valence-corrected chi connectivity index (χ3v) is 14.0. The summed E-state index contributed by atoms with van der Waals surface area (Å²) in [5, 5.41) is 0. The molecule has 2 aromatic rings. The molecule has 2 aromatic carbocycles. The van der Waals surface area contributed by atoms with Crippen molar-refractivity contribution in [3.05, 3.63) is 65.4 Å². The van der Waals surface area contributed by atoms with Crippen molar-refractivity contribution in [3.63, 3.8) is 0 Å². The van der Waals surface area contributed by atoms with Crippen LogP contribution in [0.15, 0.2) is 54.3 Å². The van der Waals surface area contributed by atoms with E-state index in [0.717, 1.165) is 23.7 Å². The van der Waals surface area contributed by atoms with E-state index in [1.54, 1.807) is 11.1 Å². The molecule has 0 radical (unpaired) electrons. The van der Waals surface area contributed by atoms with Crippen LogP contribution in [-0.4, -0.2) is 0 Å². The fraction of sp³-hybridized carbons (Fsp3) is 0.625. The van der Waals surface area contributed by atoms with Gasteiger partial charge >= 0.3 is 0 Å². The Bertz CT molecular complexity index is 1100. The van der Waals surface area contributed by atoms with Gasteiger partial charge < -0.3 is 0 Å². The number of hydrogen-bond donors (Lipinski definition) is 0. The Balaban J connectivity index is 1.25. The zero-order valence-corrected chi connectivity index (χ0v) is 27.1. The zero-order valence-electron chi connectivity index (χ0n) is 20.8. The second kappa shape index (κ2) is 7.97. The van der Waals surface area contributed by atoms with Crippen LogP contribution < -0.4 is 0 Å². The molecule has 4 unspecified atom stereocenters. The van der Waals surface area contributed by atoms with E-state index in [-0.39, 0.29) is 0 Å². The third kappa shape index (κ3) is 3.44. The molecule has 0 saturated heterocycles. The molecule has 8 aliphatic carbocycles. The summed E-state index contributed by atoms with van der Waals surface area (Å²) in [5.74, 6) is 3.75. The van der Waals surface area contributed by atoms with Crippen LogP contribution in [0.5, 0.6) is 0 Å². The summed E-state index contributed by atoms with van der Waals surface area (Å²) in [7, 11) is 0. The summed E-state index contributed by atoms with van der Waals surface area (Å²) in [4.78, 5) is 0. The maximum Gasteiger partial charge on any atom is 0.0189 e. The lowest BCUT2D eigenvalue weighted by molar-refractivity contribution is -0.212. The van der Waals surface area contributed by atoms with E-state index in [1.807, 2.05) is 0 Å². The first kappa shape index (κ1) is 24.2. The van der Waals surface area contributed by atoms with Gasteiger partial charge in [0.15, 0.2) is 0 Å². The molecular formula is C32H34Br4. The Morgan fingerprint density at radius 2 is 0.750 bits per heavy atom. The van der Waals surface area contributed by atoms with E-state index in [2.05, 4.69) is 100 Å². The predicted molar refractivity (Wildman–Crippen MR) is 161 cm³/mol. The highest BCUT2D eigenvalue weighted by Crippen LogP contribution is 2.78. The lowest BCUT2D eigenvalue weighted by atomic mass is 9.30. The third-order valence-electron chi connectivity index (χ3n) is 12.2. The summed E-state index contributed by atoms with van der Waals surface area (Å²) in [6.45, 7) is 0. The second-order valence-corrected chi connectivity index (χ2v) is 18.0. The molecule has 0 N–H and O–H groups in total. The zero-order chi connectivity index (χ0) is 24.5. The van der Waals surface area contributed by atoms with Crippen LogP contribution in [0.4, 0.5) is 0 Å². The van der Waals surface area contributed by atoms with Gasteiger partial charge in [-0.15, -0.1) is 0 Å². The largest absolute Gasteiger partial charge is 0.0508 e. The summed E-state index contributed by atoms with van der Waals surface area (Å²) in [6.07, 6.45) is 17.7. The molecule has 0 aromatic heterocycles. The molecule has 8 fully saturated rings. The fourth-order valence-electron chi connectivity index (χ4n) is 12.2. The maximum atomic E-state index is 3.84. The van der Waals surface area contributed by atoms with Crippen molar-refractivity contribution >= 4 is 63.7 Å². The first-order valence-electron chi connectivity index (χ1n) is 14.1. The van der Waals surface area contributed by atoms with Crippen LogP contribution in [-0.2, 0) is 10.8 Å². The molecule has 0 heterocycles. The molecule has 0 nitrogen and oxygen atoms in total. The Morgan fingerprint density at radius 1 is 0.444 bits per heavy atom. The Kier molecular flexibility index (Phi) is 5.36. The van der Waals surface area contributed by atoms with Crippen molar-refractivity contribution in [2.45, 2.75) is 87.9 Å². The molecule has 190 valence electrons. The first-order valence-corrected chi connectivity index (χ1v) is 17.3. The molecule has 36 heavy (non-hydrogen) atoms. The molecule has 8 aliphatic rings. The minimum Gasteiger partial charge on any atom is -0.0508 e. The Hall–Kier alpha value is 0.360. The molecule has 4 atom stereocenters. The Morgan fingerprint density at radius 3 is 1.06 bits per heavy atom. The van der Waals surface area contributed by atoms with Crippen molar-refractivity contribution in [2.24, 2.45) is 34.5 Å². The first-order chi connectivity index (χ1) is 17.2. The van der Waals surface area contributed by atoms with E-state index in [1.165, 1.54) is 94.9 Å². The molecule has 0 aliphatic heterocycles. The molecule has 8 saturated carbocycles. The van der Waals surface area contributed by atoms with Gasteiger partial charge in [0, 0.05) is 17.9 Å². The number of rotatable bonds is 3. The summed E-state index contributed by atoms with van der Waals surface area (Å²) < 4.78 is 4.97. The highest BCUT2D eigenvalue weighted by molar-refractivity contribution is 9.11. The lowest BCUT2D eigenvalue weighted by Gasteiger charge is -2.74. The van der Waals surface area contributed by atoms with Crippen LogP contribution in [0.3, 0.4) is 0 Å². The van der Waals surface area contributed by atoms with Crippen LogP contribution in [0.25, 0.3) is 0 Å². The van der Waals surface area contributed by atoms with Crippen LogP contribution in [0.1, 0.15) is 88.2 Å². The van der Waals surface area contributed by atoms with Crippen LogP contribution >= 0.6 is 63.7 Å². The maximum absolute atomic E-state index is 3.84. The van der Waals surface area contributed by atoms with E-state index < -0.39 is 0 Å². The van der Waals surface area contributed by atoms with Gasteiger partial charge in [0.1, 0.15) is 0 Å². The normalized spacial score (nSPS) is 46.0. The average Bonchev–Trinajstić information content (AvgIpc) is 2.76. The number of benzene rings is 2. The fourth-order valence-corrected chi connectivity index (χ4v) is 14.7. The predicted octanol–water partition coefficient (Wildman–Crippen LogP) is 11.1. The van der Waals surface area contributed by atoms with Gasteiger partial charge in [0.2, 0.25) is 0 Å². The summed E-state index contributed by atoms with van der Waals surface area (Å²) in [6, 6.07) is 14.4. The van der Waals surface area contributed by atoms with Crippen molar-refractivity contribution in [1.82, 2.24) is 0 Å². The monoisotopic (exact) mass is 734 g/mol. The van der Waals surface area contributed by atoms with E-state index in [9.17, 15) is 0 Å².